The van der Waals surface area contributed by atoms with Gasteiger partial charge in [-0.25, -0.2) is 0 Å². The monoisotopic (exact) mass is 475 g/mol. The van der Waals surface area contributed by atoms with E-state index >= 15 is 0 Å². The van der Waals surface area contributed by atoms with Crippen LogP contribution in [0.15, 0.2) is 77.7 Å². The van der Waals surface area contributed by atoms with Crippen molar-refractivity contribution >= 4 is 29.3 Å². The van der Waals surface area contributed by atoms with Gasteiger partial charge in [-0.2, -0.15) is 5.10 Å². The second kappa shape index (κ2) is 8.96. The third-order valence-corrected chi connectivity index (χ3v) is 7.07. The first-order valence-corrected chi connectivity index (χ1v) is 12.1. The molecule has 0 bridgehead atoms. The summed E-state index contributed by atoms with van der Waals surface area (Å²) in [5, 5.41) is 8.19. The van der Waals surface area contributed by atoms with Crippen molar-refractivity contribution in [3.63, 3.8) is 0 Å². The van der Waals surface area contributed by atoms with Crippen molar-refractivity contribution in [2.75, 3.05) is 13.4 Å². The minimum Gasteiger partial charge on any atom is -0.497 e. The van der Waals surface area contributed by atoms with E-state index in [0.29, 0.717) is 17.3 Å². The molecule has 0 radical (unpaired) electrons. The van der Waals surface area contributed by atoms with Crippen LogP contribution in [0.25, 0.3) is 11.3 Å². The smallest absolute Gasteiger partial charge is 0.273 e. The Hall–Kier alpha value is -3.22. The van der Waals surface area contributed by atoms with Gasteiger partial charge in [-0.05, 0) is 59.8 Å². The molecule has 1 N–H and O–H groups in total. The molecule has 1 unspecified atom stereocenters. The Morgan fingerprint density at radius 1 is 1.06 bits per heavy atom. The number of carbonyl (C=O) groups is 1. The lowest BCUT2D eigenvalue weighted by molar-refractivity contribution is 0.0730. The number of hydrogen-bond donors (Lipinski definition) is 1. The van der Waals surface area contributed by atoms with Gasteiger partial charge in [0.1, 0.15) is 11.4 Å². The number of nitrogens with zero attached hydrogens (tertiary/aromatic N) is 2. The highest BCUT2D eigenvalue weighted by Crippen LogP contribution is 2.44. The number of ether oxygens (including phenoxy) is 1. The van der Waals surface area contributed by atoms with Crippen LogP contribution in [0.5, 0.6) is 5.75 Å². The predicted molar refractivity (Wildman–Crippen MR) is 132 cm³/mol. The number of halogens is 1. The number of methoxy groups -OCH3 is 1. The SMILES string of the molecule is COc1ccc(-c2n[nH]c3c2C(c2ccc(SC)cc2)N(Cc2ccccc2Cl)C3=O)cc1. The fourth-order valence-electron chi connectivity index (χ4n) is 4.27. The van der Waals surface area contributed by atoms with Gasteiger partial charge in [-0.15, -0.1) is 11.8 Å². The zero-order valence-corrected chi connectivity index (χ0v) is 19.8. The molecule has 0 aliphatic carbocycles. The van der Waals surface area contributed by atoms with E-state index in [2.05, 4.69) is 34.5 Å². The lowest BCUT2D eigenvalue weighted by atomic mass is 9.96. The van der Waals surface area contributed by atoms with Crippen LogP contribution >= 0.6 is 23.4 Å². The Labute approximate surface area is 201 Å². The Kier molecular flexibility index (Phi) is 5.87. The maximum atomic E-state index is 13.6. The number of benzene rings is 3. The summed E-state index contributed by atoms with van der Waals surface area (Å²) in [6.45, 7) is 0.401. The van der Waals surface area contributed by atoms with Gasteiger partial charge in [-0.3, -0.25) is 9.89 Å². The molecule has 0 saturated carbocycles. The molecule has 1 aliphatic heterocycles. The van der Waals surface area contributed by atoms with E-state index in [1.807, 2.05) is 59.7 Å². The minimum absolute atomic E-state index is 0.0869. The number of fused-ring (bicyclic) bond motifs is 1. The van der Waals surface area contributed by atoms with Crippen molar-refractivity contribution in [2.45, 2.75) is 17.5 Å². The average Bonchev–Trinajstić information content (AvgIpc) is 3.40. The van der Waals surface area contributed by atoms with Crippen LogP contribution in [0.2, 0.25) is 5.02 Å². The van der Waals surface area contributed by atoms with Crippen molar-refractivity contribution < 1.29 is 9.53 Å². The van der Waals surface area contributed by atoms with Gasteiger partial charge in [-0.1, -0.05) is 41.9 Å². The van der Waals surface area contributed by atoms with Crippen LogP contribution in [0.4, 0.5) is 0 Å². The maximum Gasteiger partial charge on any atom is 0.273 e. The van der Waals surface area contributed by atoms with E-state index in [1.165, 1.54) is 4.90 Å². The molecule has 3 aromatic carbocycles. The highest BCUT2D eigenvalue weighted by Gasteiger charge is 2.42. The van der Waals surface area contributed by atoms with Crippen LogP contribution in [0, 0.1) is 0 Å². The standard InChI is InChI=1S/C26H22ClN3O2S/c1-32-19-11-7-16(8-12-19)23-22-24(29-28-23)26(31)30(15-18-5-3-4-6-21(18)27)25(22)17-9-13-20(33-2)14-10-17/h3-14,25H,15H2,1-2H3,(H,28,29). The first-order valence-electron chi connectivity index (χ1n) is 10.5. The lowest BCUT2D eigenvalue weighted by Crippen LogP contribution is -2.29. The summed E-state index contributed by atoms with van der Waals surface area (Å²) in [6, 6.07) is 23.4. The van der Waals surface area contributed by atoms with Crippen molar-refractivity contribution in [2.24, 2.45) is 0 Å². The largest absolute Gasteiger partial charge is 0.497 e. The molecule has 7 heteroatoms. The van der Waals surface area contributed by atoms with Crippen molar-refractivity contribution in [1.29, 1.82) is 0 Å². The zero-order valence-electron chi connectivity index (χ0n) is 18.2. The summed E-state index contributed by atoms with van der Waals surface area (Å²) in [4.78, 5) is 16.6. The van der Waals surface area contributed by atoms with E-state index in [1.54, 1.807) is 18.9 Å². The molecule has 2 heterocycles. The third-order valence-electron chi connectivity index (χ3n) is 5.96. The first kappa shape index (κ1) is 21.6. The number of H-pyrrole nitrogens is 1. The summed E-state index contributed by atoms with van der Waals surface area (Å²) < 4.78 is 5.30. The van der Waals surface area contributed by atoms with E-state index in [0.717, 1.165) is 33.7 Å². The number of hydrogen-bond acceptors (Lipinski definition) is 4. The Balaban J connectivity index is 1.63. The minimum atomic E-state index is -0.282. The number of rotatable bonds is 6. The number of aromatic nitrogens is 2. The molecule has 1 amide bonds. The summed E-state index contributed by atoms with van der Waals surface area (Å²) in [5.41, 5.74) is 5.03. The number of amides is 1. The molecular formula is C26H22ClN3O2S. The van der Waals surface area contributed by atoms with E-state index in [-0.39, 0.29) is 11.9 Å². The summed E-state index contributed by atoms with van der Waals surface area (Å²) in [5.74, 6) is 0.683. The van der Waals surface area contributed by atoms with Crippen molar-refractivity contribution in [3.8, 4) is 17.0 Å². The second-order valence-electron chi connectivity index (χ2n) is 7.79. The second-order valence-corrected chi connectivity index (χ2v) is 9.08. The quantitative estimate of drug-likeness (QED) is 0.337. The third kappa shape index (κ3) is 3.90. The highest BCUT2D eigenvalue weighted by atomic mass is 35.5. The van der Waals surface area contributed by atoms with Gasteiger partial charge in [0.2, 0.25) is 0 Å². The molecule has 0 fully saturated rings. The van der Waals surface area contributed by atoms with Crippen molar-refractivity contribution in [3.05, 3.63) is 100 Å². The normalized spacial score (nSPS) is 15.1. The predicted octanol–water partition coefficient (Wildman–Crippen LogP) is 6.21. The molecule has 5 nitrogen and oxygen atoms in total. The fraction of sp³-hybridized carbons (Fsp3) is 0.154. The van der Waals surface area contributed by atoms with Crippen LogP contribution in [0.1, 0.15) is 33.2 Å². The van der Waals surface area contributed by atoms with E-state index in [4.69, 9.17) is 16.3 Å². The molecule has 166 valence electrons. The molecule has 4 aromatic rings. The Bertz CT molecular complexity index is 1300. The molecule has 0 spiro atoms. The summed E-state index contributed by atoms with van der Waals surface area (Å²) >= 11 is 8.14. The van der Waals surface area contributed by atoms with Gasteiger partial charge in [0.15, 0.2) is 0 Å². The maximum absolute atomic E-state index is 13.6. The molecular weight excluding hydrogens is 454 g/mol. The van der Waals surface area contributed by atoms with Crippen molar-refractivity contribution in [1.82, 2.24) is 15.1 Å². The molecule has 0 saturated heterocycles. The Morgan fingerprint density at radius 2 is 1.79 bits per heavy atom. The van der Waals surface area contributed by atoms with Gasteiger partial charge in [0.05, 0.1) is 18.8 Å². The van der Waals surface area contributed by atoms with Crippen LogP contribution in [0.3, 0.4) is 0 Å². The molecule has 1 aromatic heterocycles. The highest BCUT2D eigenvalue weighted by molar-refractivity contribution is 7.98. The Morgan fingerprint density at radius 3 is 2.45 bits per heavy atom. The molecule has 33 heavy (non-hydrogen) atoms. The van der Waals surface area contributed by atoms with Crippen LogP contribution in [-0.2, 0) is 6.54 Å². The average molecular weight is 476 g/mol. The fourth-order valence-corrected chi connectivity index (χ4v) is 4.88. The topological polar surface area (TPSA) is 58.2 Å². The van der Waals surface area contributed by atoms with Gasteiger partial charge in [0.25, 0.3) is 5.91 Å². The number of carbonyl (C=O) groups excluding carboxylic acids is 1. The molecule has 1 aliphatic rings. The van der Waals surface area contributed by atoms with Crippen LogP contribution in [-0.4, -0.2) is 34.4 Å². The van der Waals surface area contributed by atoms with E-state index < -0.39 is 0 Å². The van der Waals surface area contributed by atoms with Gasteiger partial charge < -0.3 is 9.64 Å². The first-order chi connectivity index (χ1) is 16.1. The number of aromatic amines is 1. The van der Waals surface area contributed by atoms with E-state index in [9.17, 15) is 4.79 Å². The molecule has 1 atom stereocenters. The van der Waals surface area contributed by atoms with Gasteiger partial charge >= 0.3 is 0 Å². The number of thioether (sulfide) groups is 1. The number of nitrogens with one attached hydrogen (secondary N) is 1. The zero-order chi connectivity index (χ0) is 22.9. The lowest BCUT2D eigenvalue weighted by Gasteiger charge is -2.27. The summed E-state index contributed by atoms with van der Waals surface area (Å²) in [6.07, 6.45) is 2.05. The van der Waals surface area contributed by atoms with Gasteiger partial charge in [0, 0.05) is 27.6 Å². The summed E-state index contributed by atoms with van der Waals surface area (Å²) in [7, 11) is 1.64. The molecule has 5 rings (SSSR count). The van der Waals surface area contributed by atoms with Crippen LogP contribution < -0.4 is 4.74 Å².